The minimum Gasteiger partial charge on any atom is -0.392 e. The first kappa shape index (κ1) is 15.9. The van der Waals surface area contributed by atoms with Crippen LogP contribution in [0.1, 0.15) is 46.5 Å². The second-order valence-corrected chi connectivity index (χ2v) is 4.44. The molecular formula is C13H30N2O. The number of aliphatic hydroxyl groups is 1. The summed E-state index contributed by atoms with van der Waals surface area (Å²) >= 11 is 0. The lowest BCUT2D eigenvalue weighted by molar-refractivity contribution is 0.191. The molecule has 2 atom stereocenters. The molecule has 0 aromatic rings. The van der Waals surface area contributed by atoms with Gasteiger partial charge in [-0.2, -0.15) is 0 Å². The molecule has 1 fully saturated rings. The van der Waals surface area contributed by atoms with Crippen LogP contribution in [0.4, 0.5) is 0 Å². The molecular weight excluding hydrogens is 200 g/mol. The van der Waals surface area contributed by atoms with Crippen molar-refractivity contribution in [1.29, 1.82) is 0 Å². The van der Waals surface area contributed by atoms with Gasteiger partial charge in [-0.05, 0) is 39.4 Å². The first-order valence-electron chi connectivity index (χ1n) is 6.82. The molecule has 0 bridgehead atoms. The molecule has 1 aliphatic heterocycles. The van der Waals surface area contributed by atoms with Gasteiger partial charge in [0.25, 0.3) is 0 Å². The van der Waals surface area contributed by atoms with Crippen molar-refractivity contribution in [3.63, 3.8) is 0 Å². The molecule has 0 spiro atoms. The maximum atomic E-state index is 9.33. The molecule has 3 heteroatoms. The van der Waals surface area contributed by atoms with E-state index in [9.17, 15) is 5.11 Å². The topological polar surface area (TPSA) is 35.5 Å². The summed E-state index contributed by atoms with van der Waals surface area (Å²) in [7, 11) is 2.18. The van der Waals surface area contributed by atoms with Crippen LogP contribution < -0.4 is 5.32 Å². The Kier molecular flexibility index (Phi) is 9.99. The number of hydrogen-bond donors (Lipinski definition) is 2. The predicted octanol–water partition coefficient (Wildman–Crippen LogP) is 1.86. The summed E-state index contributed by atoms with van der Waals surface area (Å²) in [5, 5.41) is 12.7. The van der Waals surface area contributed by atoms with E-state index in [0.717, 1.165) is 25.9 Å². The van der Waals surface area contributed by atoms with Gasteiger partial charge in [0.2, 0.25) is 0 Å². The summed E-state index contributed by atoms with van der Waals surface area (Å²) in [6.07, 6.45) is 4.54. The maximum Gasteiger partial charge on any atom is 0.0679 e. The van der Waals surface area contributed by atoms with E-state index >= 15 is 0 Å². The number of nitrogens with zero attached hydrogens (tertiary/aromatic N) is 1. The standard InChI is InChI=1S/C11H24N2O.C2H6/c1-3-4-6-13(2)7-5-10-8-11(14)9-12-10;1-2/h10-12,14H,3-9H2,1-2H3;1-2H3. The maximum absolute atomic E-state index is 9.33. The Hall–Kier alpha value is -0.120. The van der Waals surface area contributed by atoms with Crippen molar-refractivity contribution in [2.45, 2.75) is 58.6 Å². The van der Waals surface area contributed by atoms with Crippen molar-refractivity contribution in [3.05, 3.63) is 0 Å². The first-order chi connectivity index (χ1) is 7.72. The highest BCUT2D eigenvalue weighted by atomic mass is 16.3. The van der Waals surface area contributed by atoms with Gasteiger partial charge in [0, 0.05) is 12.6 Å². The lowest BCUT2D eigenvalue weighted by Crippen LogP contribution is -2.28. The van der Waals surface area contributed by atoms with Crippen LogP contribution >= 0.6 is 0 Å². The van der Waals surface area contributed by atoms with Gasteiger partial charge >= 0.3 is 0 Å². The second-order valence-electron chi connectivity index (χ2n) is 4.44. The van der Waals surface area contributed by atoms with Crippen molar-refractivity contribution in [3.8, 4) is 0 Å². The van der Waals surface area contributed by atoms with Gasteiger partial charge in [0.1, 0.15) is 0 Å². The van der Waals surface area contributed by atoms with E-state index in [1.165, 1.54) is 19.4 Å². The average Bonchev–Trinajstić information content (AvgIpc) is 2.72. The van der Waals surface area contributed by atoms with E-state index in [4.69, 9.17) is 0 Å². The Morgan fingerprint density at radius 1 is 1.31 bits per heavy atom. The van der Waals surface area contributed by atoms with Crippen LogP contribution in [0.5, 0.6) is 0 Å². The lowest BCUT2D eigenvalue weighted by Gasteiger charge is -2.18. The number of aliphatic hydroxyl groups excluding tert-OH is 1. The van der Waals surface area contributed by atoms with E-state index in [-0.39, 0.29) is 6.10 Å². The predicted molar refractivity (Wildman–Crippen MR) is 70.8 cm³/mol. The number of nitrogens with one attached hydrogen (secondary N) is 1. The molecule has 0 aliphatic carbocycles. The summed E-state index contributed by atoms with van der Waals surface area (Å²) in [5.74, 6) is 0. The van der Waals surface area contributed by atoms with Gasteiger partial charge in [-0.3, -0.25) is 0 Å². The zero-order valence-electron chi connectivity index (χ0n) is 11.5. The van der Waals surface area contributed by atoms with E-state index in [1.807, 2.05) is 13.8 Å². The van der Waals surface area contributed by atoms with Crippen LogP contribution in [0.2, 0.25) is 0 Å². The highest BCUT2D eigenvalue weighted by molar-refractivity contribution is 4.81. The number of unbranched alkanes of at least 4 members (excludes halogenated alkanes) is 1. The molecule has 0 radical (unpaired) electrons. The van der Waals surface area contributed by atoms with Gasteiger partial charge in [-0.15, -0.1) is 0 Å². The van der Waals surface area contributed by atoms with Crippen molar-refractivity contribution in [2.75, 3.05) is 26.7 Å². The molecule has 0 saturated carbocycles. The molecule has 1 heterocycles. The summed E-state index contributed by atoms with van der Waals surface area (Å²) in [5.41, 5.74) is 0. The molecule has 0 amide bonds. The average molecular weight is 230 g/mol. The van der Waals surface area contributed by atoms with Crippen molar-refractivity contribution in [1.82, 2.24) is 10.2 Å². The molecule has 16 heavy (non-hydrogen) atoms. The molecule has 0 aromatic heterocycles. The van der Waals surface area contributed by atoms with Crippen LogP contribution in [-0.4, -0.2) is 48.8 Å². The Labute approximate surface area is 101 Å². The third-order valence-corrected chi connectivity index (χ3v) is 2.95. The Bertz CT molecular complexity index is 153. The van der Waals surface area contributed by atoms with Crippen LogP contribution in [0.15, 0.2) is 0 Å². The monoisotopic (exact) mass is 230 g/mol. The number of hydrogen-bond acceptors (Lipinski definition) is 3. The summed E-state index contributed by atoms with van der Waals surface area (Å²) < 4.78 is 0. The van der Waals surface area contributed by atoms with Crippen LogP contribution in [0, 0.1) is 0 Å². The molecule has 2 N–H and O–H groups in total. The Balaban J connectivity index is 0.00000106. The highest BCUT2D eigenvalue weighted by Gasteiger charge is 2.21. The van der Waals surface area contributed by atoms with Crippen LogP contribution in [-0.2, 0) is 0 Å². The van der Waals surface area contributed by atoms with E-state index in [0.29, 0.717) is 6.04 Å². The van der Waals surface area contributed by atoms with Gasteiger partial charge in [-0.25, -0.2) is 0 Å². The third-order valence-electron chi connectivity index (χ3n) is 2.95. The highest BCUT2D eigenvalue weighted by Crippen LogP contribution is 2.10. The van der Waals surface area contributed by atoms with Crippen molar-refractivity contribution >= 4 is 0 Å². The van der Waals surface area contributed by atoms with Gasteiger partial charge in [0.15, 0.2) is 0 Å². The summed E-state index contributed by atoms with van der Waals surface area (Å²) in [6.45, 7) is 9.35. The molecule has 1 aliphatic rings. The minimum absolute atomic E-state index is 0.110. The van der Waals surface area contributed by atoms with E-state index in [1.54, 1.807) is 0 Å². The third kappa shape index (κ3) is 7.20. The molecule has 3 nitrogen and oxygen atoms in total. The first-order valence-corrected chi connectivity index (χ1v) is 6.82. The van der Waals surface area contributed by atoms with Crippen molar-refractivity contribution in [2.24, 2.45) is 0 Å². The fourth-order valence-electron chi connectivity index (χ4n) is 1.93. The molecule has 1 saturated heterocycles. The van der Waals surface area contributed by atoms with E-state index in [2.05, 4.69) is 24.2 Å². The number of rotatable bonds is 6. The number of β-amino-alcohol motifs (C(OH)–C–C–N with tert-alkyl or cyclic N) is 1. The quantitative estimate of drug-likeness (QED) is 0.731. The van der Waals surface area contributed by atoms with Crippen molar-refractivity contribution < 1.29 is 5.11 Å². The van der Waals surface area contributed by atoms with Crippen LogP contribution in [0.25, 0.3) is 0 Å². The Morgan fingerprint density at radius 2 is 2.00 bits per heavy atom. The zero-order valence-corrected chi connectivity index (χ0v) is 11.5. The van der Waals surface area contributed by atoms with Gasteiger partial charge in [0.05, 0.1) is 6.10 Å². The second kappa shape index (κ2) is 10.1. The molecule has 2 unspecified atom stereocenters. The lowest BCUT2D eigenvalue weighted by atomic mass is 10.1. The van der Waals surface area contributed by atoms with Gasteiger partial charge in [-0.1, -0.05) is 27.2 Å². The normalized spacial score (nSPS) is 24.4. The summed E-state index contributed by atoms with van der Waals surface area (Å²) in [6, 6.07) is 0.536. The Morgan fingerprint density at radius 3 is 2.50 bits per heavy atom. The minimum atomic E-state index is -0.110. The summed E-state index contributed by atoms with van der Waals surface area (Å²) in [4.78, 5) is 2.38. The zero-order chi connectivity index (χ0) is 12.4. The molecule has 0 aromatic carbocycles. The fourth-order valence-corrected chi connectivity index (χ4v) is 1.93. The largest absolute Gasteiger partial charge is 0.392 e. The van der Waals surface area contributed by atoms with E-state index < -0.39 is 0 Å². The fraction of sp³-hybridized carbons (Fsp3) is 1.00. The van der Waals surface area contributed by atoms with Gasteiger partial charge < -0.3 is 15.3 Å². The van der Waals surface area contributed by atoms with Crippen LogP contribution in [0.3, 0.4) is 0 Å². The molecule has 98 valence electrons. The molecule has 1 rings (SSSR count). The smallest absolute Gasteiger partial charge is 0.0679 e. The SMILES string of the molecule is CC.CCCCN(C)CCC1CC(O)CN1.